The van der Waals surface area contributed by atoms with Crippen LogP contribution in [0.15, 0.2) is 0 Å². The zero-order valence-electron chi connectivity index (χ0n) is 10.1. The molecule has 92 valence electrons. The van der Waals surface area contributed by atoms with Gasteiger partial charge in [-0.25, -0.2) is 0 Å². The highest BCUT2D eigenvalue weighted by atomic mass is 16.5. The summed E-state index contributed by atoms with van der Waals surface area (Å²) in [5.41, 5.74) is 0. The van der Waals surface area contributed by atoms with Gasteiger partial charge in [-0.3, -0.25) is 4.79 Å². The van der Waals surface area contributed by atoms with Gasteiger partial charge in [0.2, 0.25) is 5.91 Å². The Bertz CT molecular complexity index is 251. The van der Waals surface area contributed by atoms with Crippen molar-refractivity contribution in [1.29, 1.82) is 0 Å². The highest BCUT2D eigenvalue weighted by Gasteiger charge is 2.40. The van der Waals surface area contributed by atoms with Crippen LogP contribution >= 0.6 is 0 Å². The van der Waals surface area contributed by atoms with Crippen LogP contribution in [0.25, 0.3) is 0 Å². The molecule has 4 heteroatoms. The van der Waals surface area contributed by atoms with Crippen LogP contribution in [0.3, 0.4) is 0 Å². The summed E-state index contributed by atoms with van der Waals surface area (Å²) < 4.78 is 5.45. The van der Waals surface area contributed by atoms with E-state index in [0.29, 0.717) is 19.6 Å². The summed E-state index contributed by atoms with van der Waals surface area (Å²) in [7, 11) is 0. The van der Waals surface area contributed by atoms with Crippen molar-refractivity contribution >= 4 is 5.91 Å². The first-order valence-electron chi connectivity index (χ1n) is 6.16. The van der Waals surface area contributed by atoms with Gasteiger partial charge in [-0.15, -0.1) is 0 Å². The maximum absolute atomic E-state index is 12.1. The number of nitrogens with zero attached hydrogens (tertiary/aromatic N) is 1. The number of carbonyl (C=O) groups excluding carboxylic acids is 1. The second-order valence-electron chi connectivity index (χ2n) is 5.15. The Morgan fingerprint density at radius 3 is 2.44 bits per heavy atom. The number of rotatable bonds is 3. The average Bonchev–Trinajstić information content (AvgIpc) is 2.49. The van der Waals surface area contributed by atoms with Gasteiger partial charge in [-0.05, 0) is 25.7 Å². The minimum Gasteiger partial charge on any atom is -0.393 e. The van der Waals surface area contributed by atoms with Gasteiger partial charge in [0, 0.05) is 6.42 Å². The summed E-state index contributed by atoms with van der Waals surface area (Å²) >= 11 is 0. The van der Waals surface area contributed by atoms with Crippen molar-refractivity contribution in [1.82, 2.24) is 4.90 Å². The third-order valence-electron chi connectivity index (χ3n) is 3.85. The third-order valence-corrected chi connectivity index (χ3v) is 3.85. The number of fused-ring (bicyclic) bond motifs is 2. The summed E-state index contributed by atoms with van der Waals surface area (Å²) in [6.45, 7) is 5.04. The molecular formula is C12H21NO3. The fraction of sp³-hybridized carbons (Fsp3) is 0.917. The maximum Gasteiger partial charge on any atom is 0.223 e. The minimum atomic E-state index is -0.414. The number of carbonyl (C=O) groups is 1. The number of aliphatic hydroxyl groups excluding tert-OH is 1. The molecule has 1 amide bonds. The summed E-state index contributed by atoms with van der Waals surface area (Å²) in [5.74, 6) is 0.221. The first kappa shape index (κ1) is 11.9. The Labute approximate surface area is 96.6 Å². The van der Waals surface area contributed by atoms with E-state index in [9.17, 15) is 9.90 Å². The largest absolute Gasteiger partial charge is 0.393 e. The lowest BCUT2D eigenvalue weighted by Crippen LogP contribution is -2.49. The molecule has 4 nitrogen and oxygen atoms in total. The first-order chi connectivity index (χ1) is 7.59. The van der Waals surface area contributed by atoms with Gasteiger partial charge >= 0.3 is 0 Å². The zero-order chi connectivity index (χ0) is 11.7. The molecule has 0 spiro atoms. The highest BCUT2D eigenvalue weighted by molar-refractivity contribution is 5.77. The second-order valence-corrected chi connectivity index (χ2v) is 5.15. The van der Waals surface area contributed by atoms with Crippen LogP contribution < -0.4 is 0 Å². The van der Waals surface area contributed by atoms with Crippen molar-refractivity contribution in [2.75, 3.05) is 13.2 Å². The zero-order valence-corrected chi connectivity index (χ0v) is 10.1. The van der Waals surface area contributed by atoms with E-state index in [1.54, 1.807) is 6.92 Å². The third kappa shape index (κ3) is 2.23. The molecule has 0 aromatic heterocycles. The van der Waals surface area contributed by atoms with E-state index in [1.807, 2.05) is 11.8 Å². The molecule has 2 heterocycles. The van der Waals surface area contributed by atoms with Crippen molar-refractivity contribution in [3.05, 3.63) is 0 Å². The number of morpholine rings is 1. The Morgan fingerprint density at radius 1 is 1.38 bits per heavy atom. The number of hydrogen-bond acceptors (Lipinski definition) is 3. The lowest BCUT2D eigenvalue weighted by Gasteiger charge is -2.35. The average molecular weight is 227 g/mol. The van der Waals surface area contributed by atoms with Gasteiger partial charge in [-0.1, -0.05) is 6.92 Å². The fourth-order valence-electron chi connectivity index (χ4n) is 2.59. The van der Waals surface area contributed by atoms with Crippen molar-refractivity contribution in [3.63, 3.8) is 0 Å². The van der Waals surface area contributed by atoms with E-state index < -0.39 is 6.10 Å². The van der Waals surface area contributed by atoms with Gasteiger partial charge in [0.25, 0.3) is 0 Å². The van der Waals surface area contributed by atoms with Gasteiger partial charge in [0.05, 0.1) is 31.4 Å². The van der Waals surface area contributed by atoms with Crippen LogP contribution in [0.4, 0.5) is 0 Å². The standard InChI is InChI=1S/C12H21NO3/c1-8(9(2)14)5-12(15)13-10-3-4-11(13)7-16-6-10/h8-11,14H,3-7H2,1-2H3/t8-,9?,10?,11?/m1/s1. The lowest BCUT2D eigenvalue weighted by atomic mass is 10.0. The molecule has 2 saturated heterocycles. The molecule has 2 fully saturated rings. The first-order valence-corrected chi connectivity index (χ1v) is 6.16. The quantitative estimate of drug-likeness (QED) is 0.775. The summed E-state index contributed by atoms with van der Waals surface area (Å²) in [4.78, 5) is 14.1. The van der Waals surface area contributed by atoms with Gasteiger partial charge < -0.3 is 14.7 Å². The molecule has 2 rings (SSSR count). The molecule has 3 unspecified atom stereocenters. The fourth-order valence-corrected chi connectivity index (χ4v) is 2.59. The monoisotopic (exact) mass is 227 g/mol. The Balaban J connectivity index is 1.94. The Kier molecular flexibility index (Phi) is 3.50. The van der Waals surface area contributed by atoms with E-state index in [2.05, 4.69) is 0 Å². The number of ether oxygens (including phenoxy) is 1. The molecule has 2 aliphatic heterocycles. The van der Waals surface area contributed by atoms with Gasteiger partial charge in [0.1, 0.15) is 0 Å². The number of aliphatic hydroxyl groups is 1. The molecule has 1 N–H and O–H groups in total. The van der Waals surface area contributed by atoms with Crippen LogP contribution in [0.2, 0.25) is 0 Å². The van der Waals surface area contributed by atoms with E-state index in [-0.39, 0.29) is 23.9 Å². The summed E-state index contributed by atoms with van der Waals surface area (Å²) in [5, 5.41) is 9.42. The van der Waals surface area contributed by atoms with Gasteiger partial charge in [0.15, 0.2) is 0 Å². The molecule has 16 heavy (non-hydrogen) atoms. The van der Waals surface area contributed by atoms with Gasteiger partial charge in [-0.2, -0.15) is 0 Å². The van der Waals surface area contributed by atoms with Crippen LogP contribution in [0, 0.1) is 5.92 Å². The molecule has 0 aromatic carbocycles. The molecule has 0 aromatic rings. The smallest absolute Gasteiger partial charge is 0.223 e. The summed E-state index contributed by atoms with van der Waals surface area (Å²) in [6.07, 6.45) is 2.17. The molecule has 0 radical (unpaired) electrons. The summed E-state index contributed by atoms with van der Waals surface area (Å²) in [6, 6.07) is 0.569. The van der Waals surface area contributed by atoms with Crippen molar-refractivity contribution in [3.8, 4) is 0 Å². The lowest BCUT2D eigenvalue weighted by molar-refractivity contribution is -0.142. The van der Waals surface area contributed by atoms with Crippen LogP contribution in [0.1, 0.15) is 33.1 Å². The molecule has 2 bridgehead atoms. The number of hydrogen-bond donors (Lipinski definition) is 1. The van der Waals surface area contributed by atoms with Crippen molar-refractivity contribution in [2.24, 2.45) is 5.92 Å². The van der Waals surface area contributed by atoms with Crippen molar-refractivity contribution in [2.45, 2.75) is 51.3 Å². The SMILES string of the molecule is CC(O)[C@H](C)CC(=O)N1C2CCC1COC2. The van der Waals surface area contributed by atoms with E-state index in [0.717, 1.165) is 12.8 Å². The van der Waals surface area contributed by atoms with Crippen LogP contribution in [-0.4, -0.2) is 47.3 Å². The molecule has 4 atom stereocenters. The predicted molar refractivity (Wildman–Crippen MR) is 59.9 cm³/mol. The minimum absolute atomic E-state index is 0.0368. The highest BCUT2D eigenvalue weighted by Crippen LogP contribution is 2.30. The molecule has 0 saturated carbocycles. The Hall–Kier alpha value is -0.610. The molecule has 0 aliphatic carbocycles. The molecule has 2 aliphatic rings. The topological polar surface area (TPSA) is 49.8 Å². The Morgan fingerprint density at radius 2 is 1.94 bits per heavy atom. The van der Waals surface area contributed by atoms with Crippen LogP contribution in [0.5, 0.6) is 0 Å². The van der Waals surface area contributed by atoms with Crippen LogP contribution in [-0.2, 0) is 9.53 Å². The van der Waals surface area contributed by atoms with Crippen molar-refractivity contribution < 1.29 is 14.6 Å². The van der Waals surface area contributed by atoms with E-state index in [1.165, 1.54) is 0 Å². The molecular weight excluding hydrogens is 206 g/mol. The maximum atomic E-state index is 12.1. The predicted octanol–water partition coefficient (Wildman–Crippen LogP) is 0.783. The van der Waals surface area contributed by atoms with E-state index in [4.69, 9.17) is 4.74 Å². The normalized spacial score (nSPS) is 32.6. The number of amides is 1. The second kappa shape index (κ2) is 4.72. The van der Waals surface area contributed by atoms with E-state index >= 15 is 0 Å².